The van der Waals surface area contributed by atoms with Crippen LogP contribution in [-0.2, 0) is 11.3 Å². The monoisotopic (exact) mass is 253 g/mol. The van der Waals surface area contributed by atoms with Crippen LogP contribution in [0.2, 0.25) is 0 Å². The topological polar surface area (TPSA) is 62.3 Å². The summed E-state index contributed by atoms with van der Waals surface area (Å²) in [5, 5.41) is 4.36. The van der Waals surface area contributed by atoms with Gasteiger partial charge >= 0.3 is 0 Å². The van der Waals surface area contributed by atoms with E-state index in [1.807, 2.05) is 4.68 Å². The lowest BCUT2D eigenvalue weighted by Crippen LogP contribution is -2.31. The summed E-state index contributed by atoms with van der Waals surface area (Å²) >= 11 is 0. The largest absolute Gasteiger partial charge is 0.493 e. The molecule has 2 N–H and O–H groups in total. The van der Waals surface area contributed by atoms with Crippen molar-refractivity contribution in [3.05, 3.63) is 11.9 Å². The summed E-state index contributed by atoms with van der Waals surface area (Å²) in [5.74, 6) is 1.15. The highest BCUT2D eigenvalue weighted by atomic mass is 16.5. The molecule has 0 saturated carbocycles. The van der Waals surface area contributed by atoms with Gasteiger partial charge in [-0.05, 0) is 19.3 Å². The van der Waals surface area contributed by atoms with Gasteiger partial charge in [-0.3, -0.25) is 4.68 Å². The van der Waals surface area contributed by atoms with E-state index in [0.717, 1.165) is 50.5 Å². The molecule has 0 amide bonds. The minimum Gasteiger partial charge on any atom is -0.493 e. The summed E-state index contributed by atoms with van der Waals surface area (Å²) in [5.41, 5.74) is 7.41. The third kappa shape index (κ3) is 2.67. The summed E-state index contributed by atoms with van der Waals surface area (Å²) < 4.78 is 12.9. The minimum atomic E-state index is -0.0608. The van der Waals surface area contributed by atoms with Gasteiger partial charge in [0.15, 0.2) is 5.75 Å². The van der Waals surface area contributed by atoms with Gasteiger partial charge in [-0.2, -0.15) is 5.10 Å². The zero-order valence-electron chi connectivity index (χ0n) is 11.3. The molecule has 0 aliphatic carbocycles. The second kappa shape index (κ2) is 6.20. The van der Waals surface area contributed by atoms with Gasteiger partial charge in [0, 0.05) is 19.1 Å². The molecule has 102 valence electrons. The van der Waals surface area contributed by atoms with Crippen LogP contribution in [-0.4, -0.2) is 30.1 Å². The molecule has 2 rings (SSSR count). The molecule has 18 heavy (non-hydrogen) atoms. The molecule has 1 aromatic rings. The van der Waals surface area contributed by atoms with E-state index in [4.69, 9.17) is 15.2 Å². The Morgan fingerprint density at radius 3 is 3.11 bits per heavy atom. The Hall–Kier alpha value is -1.07. The maximum absolute atomic E-state index is 6.40. The highest BCUT2D eigenvalue weighted by molar-refractivity contribution is 5.28. The van der Waals surface area contributed by atoms with Gasteiger partial charge in [-0.1, -0.05) is 6.92 Å². The quantitative estimate of drug-likeness (QED) is 0.868. The van der Waals surface area contributed by atoms with Crippen LogP contribution in [0.5, 0.6) is 5.75 Å². The molecule has 2 unspecified atom stereocenters. The molecule has 5 nitrogen and oxygen atoms in total. The second-order valence-electron chi connectivity index (χ2n) is 4.82. The molecule has 2 heterocycles. The Morgan fingerprint density at radius 1 is 1.67 bits per heavy atom. The van der Waals surface area contributed by atoms with E-state index in [-0.39, 0.29) is 6.04 Å². The molecular weight excluding hydrogens is 230 g/mol. The van der Waals surface area contributed by atoms with Crippen LogP contribution in [0.1, 0.15) is 37.9 Å². The number of methoxy groups -OCH3 is 1. The number of nitrogens with two attached hydrogens (primary N) is 1. The van der Waals surface area contributed by atoms with E-state index in [1.165, 1.54) is 0 Å². The van der Waals surface area contributed by atoms with Crippen LogP contribution in [0.15, 0.2) is 6.20 Å². The number of hydrogen-bond donors (Lipinski definition) is 1. The van der Waals surface area contributed by atoms with Crippen LogP contribution in [0.4, 0.5) is 0 Å². The Bertz CT molecular complexity index is 372. The zero-order valence-corrected chi connectivity index (χ0v) is 11.3. The number of ether oxygens (including phenoxy) is 2. The smallest absolute Gasteiger partial charge is 0.161 e. The first kappa shape index (κ1) is 13.4. The van der Waals surface area contributed by atoms with Crippen LogP contribution >= 0.6 is 0 Å². The molecule has 0 aromatic carbocycles. The highest BCUT2D eigenvalue weighted by Crippen LogP contribution is 2.32. The first-order chi connectivity index (χ1) is 8.77. The number of aryl methyl sites for hydroxylation is 1. The molecule has 1 aromatic heterocycles. The number of hydrogen-bond acceptors (Lipinski definition) is 4. The van der Waals surface area contributed by atoms with Crippen LogP contribution in [0.3, 0.4) is 0 Å². The normalized spacial score (nSPS) is 21.8. The van der Waals surface area contributed by atoms with E-state index in [2.05, 4.69) is 12.0 Å². The van der Waals surface area contributed by atoms with E-state index >= 15 is 0 Å². The second-order valence-corrected chi connectivity index (χ2v) is 4.82. The van der Waals surface area contributed by atoms with Crippen molar-refractivity contribution in [3.8, 4) is 5.75 Å². The van der Waals surface area contributed by atoms with Crippen molar-refractivity contribution in [1.82, 2.24) is 9.78 Å². The van der Waals surface area contributed by atoms with Crippen molar-refractivity contribution in [2.75, 3.05) is 20.3 Å². The summed E-state index contributed by atoms with van der Waals surface area (Å²) in [4.78, 5) is 0. The van der Waals surface area contributed by atoms with Crippen molar-refractivity contribution < 1.29 is 9.47 Å². The summed E-state index contributed by atoms with van der Waals surface area (Å²) in [7, 11) is 1.67. The fourth-order valence-electron chi connectivity index (χ4n) is 2.53. The van der Waals surface area contributed by atoms with Gasteiger partial charge in [0.25, 0.3) is 0 Å². The Kier molecular flexibility index (Phi) is 4.60. The lowest BCUT2D eigenvalue weighted by molar-refractivity contribution is 0.0433. The molecular formula is C13H23N3O2. The van der Waals surface area contributed by atoms with E-state index < -0.39 is 0 Å². The van der Waals surface area contributed by atoms with E-state index in [1.54, 1.807) is 13.3 Å². The van der Waals surface area contributed by atoms with E-state index in [9.17, 15) is 0 Å². The highest BCUT2D eigenvalue weighted by Gasteiger charge is 2.28. The maximum Gasteiger partial charge on any atom is 0.161 e. The lowest BCUT2D eigenvalue weighted by Gasteiger charge is -2.28. The van der Waals surface area contributed by atoms with Crippen molar-refractivity contribution in [2.24, 2.45) is 11.7 Å². The van der Waals surface area contributed by atoms with E-state index in [0.29, 0.717) is 5.92 Å². The SMILES string of the molecule is CCCn1ncc(OC)c1C(N)C1CCCOC1. The molecule has 0 radical (unpaired) electrons. The van der Waals surface area contributed by atoms with Crippen LogP contribution < -0.4 is 10.5 Å². The first-order valence-electron chi connectivity index (χ1n) is 6.71. The summed E-state index contributed by atoms with van der Waals surface area (Å²) in [6.07, 6.45) is 4.99. The predicted octanol–water partition coefficient (Wildman–Crippen LogP) is 1.73. The van der Waals surface area contributed by atoms with Gasteiger partial charge in [0.1, 0.15) is 0 Å². The molecule has 5 heteroatoms. The first-order valence-corrected chi connectivity index (χ1v) is 6.71. The van der Waals surface area contributed by atoms with Gasteiger partial charge in [0.2, 0.25) is 0 Å². The van der Waals surface area contributed by atoms with Gasteiger partial charge in [0.05, 0.1) is 31.6 Å². The van der Waals surface area contributed by atoms with Crippen molar-refractivity contribution in [1.29, 1.82) is 0 Å². The van der Waals surface area contributed by atoms with Crippen LogP contribution in [0.25, 0.3) is 0 Å². The molecule has 1 aliphatic rings. The minimum absolute atomic E-state index is 0.0608. The molecule has 0 spiro atoms. The molecule has 1 aliphatic heterocycles. The van der Waals surface area contributed by atoms with Crippen molar-refractivity contribution in [3.63, 3.8) is 0 Å². The lowest BCUT2D eigenvalue weighted by atomic mass is 9.92. The molecule has 0 bridgehead atoms. The third-order valence-corrected chi connectivity index (χ3v) is 3.52. The standard InChI is InChI=1S/C13H23N3O2/c1-3-6-16-13(11(17-2)8-15-16)12(14)10-5-4-7-18-9-10/h8,10,12H,3-7,9,14H2,1-2H3. The van der Waals surface area contributed by atoms with Crippen molar-refractivity contribution in [2.45, 2.75) is 38.8 Å². The third-order valence-electron chi connectivity index (χ3n) is 3.52. The Morgan fingerprint density at radius 2 is 2.50 bits per heavy atom. The maximum atomic E-state index is 6.40. The molecule has 1 saturated heterocycles. The Balaban J connectivity index is 2.20. The van der Waals surface area contributed by atoms with Crippen LogP contribution in [0, 0.1) is 5.92 Å². The summed E-state index contributed by atoms with van der Waals surface area (Å²) in [6, 6.07) is -0.0608. The fraction of sp³-hybridized carbons (Fsp3) is 0.769. The zero-order chi connectivity index (χ0) is 13.0. The van der Waals surface area contributed by atoms with Gasteiger partial charge in [-0.15, -0.1) is 0 Å². The number of aromatic nitrogens is 2. The molecule has 1 fully saturated rings. The number of nitrogens with zero attached hydrogens (tertiary/aromatic N) is 2. The summed E-state index contributed by atoms with van der Waals surface area (Å²) in [6.45, 7) is 4.60. The number of rotatable bonds is 5. The molecule has 2 atom stereocenters. The van der Waals surface area contributed by atoms with Gasteiger partial charge < -0.3 is 15.2 Å². The Labute approximate surface area is 108 Å². The van der Waals surface area contributed by atoms with Gasteiger partial charge in [-0.25, -0.2) is 0 Å². The predicted molar refractivity (Wildman–Crippen MR) is 69.5 cm³/mol. The fourth-order valence-corrected chi connectivity index (χ4v) is 2.53. The average Bonchev–Trinajstić information content (AvgIpc) is 2.82. The van der Waals surface area contributed by atoms with Crippen molar-refractivity contribution >= 4 is 0 Å². The average molecular weight is 253 g/mol.